The van der Waals surface area contributed by atoms with E-state index in [1.165, 1.54) is 11.3 Å². The van der Waals surface area contributed by atoms with Crippen LogP contribution in [0, 0.1) is 0 Å². The van der Waals surface area contributed by atoms with Crippen molar-refractivity contribution < 1.29 is 4.42 Å². The molecule has 0 atom stereocenters. The largest absolute Gasteiger partial charge is 0.422 e. The normalized spacial score (nSPS) is 11.2. The van der Waals surface area contributed by atoms with Crippen LogP contribution in [0.4, 0.5) is 5.69 Å². The lowest BCUT2D eigenvalue weighted by Crippen LogP contribution is -2.08. The summed E-state index contributed by atoms with van der Waals surface area (Å²) in [6, 6.07) is 15.6. The molecule has 0 aliphatic carbocycles. The van der Waals surface area contributed by atoms with Gasteiger partial charge in [-0.15, -0.1) is 11.3 Å². The summed E-state index contributed by atoms with van der Waals surface area (Å²) >= 11 is 1.50. The van der Waals surface area contributed by atoms with Crippen LogP contribution in [0.5, 0.6) is 0 Å². The summed E-state index contributed by atoms with van der Waals surface area (Å²) in [5.41, 5.74) is 2.64. The first kappa shape index (κ1) is 14.0. The fraction of sp³-hybridized carbons (Fsp3) is 0.111. The number of thiazole rings is 1. The summed E-state index contributed by atoms with van der Waals surface area (Å²) in [5.74, 6) is 0. The number of anilines is 1. The van der Waals surface area contributed by atoms with Crippen LogP contribution in [0.3, 0.4) is 0 Å². The van der Waals surface area contributed by atoms with Crippen molar-refractivity contribution in [1.29, 1.82) is 0 Å². The van der Waals surface area contributed by atoms with Gasteiger partial charge in [0.2, 0.25) is 0 Å². The minimum atomic E-state index is -0.354. The Balaban J connectivity index is 1.91. The van der Waals surface area contributed by atoms with Crippen molar-refractivity contribution in [2.24, 2.45) is 0 Å². The molecule has 2 heterocycles. The van der Waals surface area contributed by atoms with Crippen molar-refractivity contribution in [2.75, 3.05) is 19.0 Å². The van der Waals surface area contributed by atoms with Crippen LogP contribution >= 0.6 is 11.3 Å². The number of para-hydroxylation sites is 1. The summed E-state index contributed by atoms with van der Waals surface area (Å²) in [7, 11) is 3.91. The highest BCUT2D eigenvalue weighted by Crippen LogP contribution is 2.30. The van der Waals surface area contributed by atoms with E-state index in [2.05, 4.69) is 4.98 Å². The van der Waals surface area contributed by atoms with Crippen molar-refractivity contribution in [2.45, 2.75) is 0 Å². The van der Waals surface area contributed by atoms with E-state index in [1.54, 1.807) is 0 Å². The Labute approximate surface area is 136 Å². The highest BCUT2D eigenvalue weighted by molar-refractivity contribution is 7.21. The first-order valence-corrected chi connectivity index (χ1v) is 8.05. The molecule has 0 amide bonds. The van der Waals surface area contributed by atoms with Gasteiger partial charge in [-0.05, 0) is 30.3 Å². The van der Waals surface area contributed by atoms with Gasteiger partial charge in [0.1, 0.15) is 10.6 Å². The molecule has 4 aromatic rings. The number of benzene rings is 2. The summed E-state index contributed by atoms with van der Waals surface area (Å²) < 4.78 is 6.58. The third-order valence-electron chi connectivity index (χ3n) is 3.76. The second-order valence-corrected chi connectivity index (χ2v) is 6.58. The molecular formula is C18H14N2O2S. The van der Waals surface area contributed by atoms with Gasteiger partial charge in [0, 0.05) is 31.2 Å². The molecule has 0 N–H and O–H groups in total. The van der Waals surface area contributed by atoms with Gasteiger partial charge in [-0.3, -0.25) is 0 Å². The summed E-state index contributed by atoms with van der Waals surface area (Å²) in [6.45, 7) is 0. The van der Waals surface area contributed by atoms with Gasteiger partial charge in [0.15, 0.2) is 0 Å². The molecular weight excluding hydrogens is 308 g/mol. The highest BCUT2D eigenvalue weighted by atomic mass is 32.1. The fourth-order valence-corrected chi connectivity index (χ4v) is 3.48. The Morgan fingerprint density at radius 1 is 1.09 bits per heavy atom. The van der Waals surface area contributed by atoms with Crippen LogP contribution in [0.2, 0.25) is 0 Å². The second-order valence-electron chi connectivity index (χ2n) is 5.55. The Morgan fingerprint density at radius 2 is 1.91 bits per heavy atom. The van der Waals surface area contributed by atoms with Gasteiger partial charge < -0.3 is 9.32 Å². The molecule has 0 fully saturated rings. The van der Waals surface area contributed by atoms with E-state index < -0.39 is 0 Å². The molecule has 2 aromatic heterocycles. The summed E-state index contributed by atoms with van der Waals surface area (Å²) in [4.78, 5) is 18.9. The van der Waals surface area contributed by atoms with Gasteiger partial charge in [0.05, 0.1) is 15.8 Å². The molecule has 0 spiro atoms. The zero-order valence-corrected chi connectivity index (χ0v) is 13.6. The molecule has 0 bridgehead atoms. The lowest BCUT2D eigenvalue weighted by atomic mass is 10.1. The fourth-order valence-electron chi connectivity index (χ4n) is 2.51. The van der Waals surface area contributed by atoms with E-state index in [4.69, 9.17) is 4.42 Å². The molecule has 4 nitrogen and oxygen atoms in total. The Bertz CT molecular complexity index is 1050. The summed E-state index contributed by atoms with van der Waals surface area (Å²) in [6.07, 6.45) is 0. The smallest absolute Gasteiger partial charge is 0.346 e. The molecule has 2 aromatic carbocycles. The van der Waals surface area contributed by atoms with Crippen LogP contribution in [-0.2, 0) is 0 Å². The van der Waals surface area contributed by atoms with Crippen molar-refractivity contribution in [3.8, 4) is 10.6 Å². The van der Waals surface area contributed by atoms with Crippen LogP contribution < -0.4 is 10.5 Å². The molecule has 114 valence electrons. The van der Waals surface area contributed by atoms with E-state index in [1.807, 2.05) is 67.5 Å². The first-order chi connectivity index (χ1) is 11.1. The Kier molecular flexibility index (Phi) is 3.16. The van der Waals surface area contributed by atoms with Gasteiger partial charge in [-0.1, -0.05) is 12.1 Å². The maximum absolute atomic E-state index is 12.4. The number of rotatable bonds is 2. The predicted octanol–water partition coefficient (Wildman–Crippen LogP) is 4.14. The first-order valence-electron chi connectivity index (χ1n) is 7.23. The molecule has 23 heavy (non-hydrogen) atoms. The highest BCUT2D eigenvalue weighted by Gasteiger charge is 2.13. The third kappa shape index (κ3) is 2.39. The van der Waals surface area contributed by atoms with E-state index in [0.29, 0.717) is 16.2 Å². The molecule has 4 rings (SSSR count). The van der Waals surface area contributed by atoms with Gasteiger partial charge in [-0.25, -0.2) is 9.78 Å². The van der Waals surface area contributed by atoms with E-state index in [0.717, 1.165) is 21.3 Å². The monoisotopic (exact) mass is 322 g/mol. The molecule has 0 unspecified atom stereocenters. The number of hydrogen-bond acceptors (Lipinski definition) is 5. The molecule has 0 aliphatic heterocycles. The SMILES string of the molecule is CN(C)c1ccc2cc(-c3nc4ccccc4s3)c(=O)oc2c1. The maximum atomic E-state index is 12.4. The van der Waals surface area contributed by atoms with Crippen molar-refractivity contribution >= 4 is 38.2 Å². The van der Waals surface area contributed by atoms with Crippen LogP contribution in [0.25, 0.3) is 31.8 Å². The molecule has 5 heteroatoms. The standard InChI is InChI=1S/C18H14N2O2S/c1-20(2)12-8-7-11-9-13(18(21)22-15(11)10-12)17-19-14-5-3-4-6-16(14)23-17/h3-10H,1-2H3. The van der Waals surface area contributed by atoms with Crippen LogP contribution in [-0.4, -0.2) is 19.1 Å². The average Bonchev–Trinajstić information content (AvgIpc) is 2.97. The quantitative estimate of drug-likeness (QED) is 0.520. The van der Waals surface area contributed by atoms with Crippen molar-refractivity contribution in [3.05, 3.63) is 59.0 Å². The zero-order valence-electron chi connectivity index (χ0n) is 12.7. The molecule has 0 saturated carbocycles. The minimum Gasteiger partial charge on any atom is -0.422 e. The lowest BCUT2D eigenvalue weighted by Gasteiger charge is -2.12. The molecule has 0 aliphatic rings. The average molecular weight is 322 g/mol. The molecule has 0 saturated heterocycles. The minimum absolute atomic E-state index is 0.354. The Morgan fingerprint density at radius 3 is 2.70 bits per heavy atom. The zero-order chi connectivity index (χ0) is 16.0. The van der Waals surface area contributed by atoms with Crippen LogP contribution in [0.1, 0.15) is 0 Å². The van der Waals surface area contributed by atoms with Crippen molar-refractivity contribution in [1.82, 2.24) is 4.98 Å². The topological polar surface area (TPSA) is 46.3 Å². The van der Waals surface area contributed by atoms with E-state index in [-0.39, 0.29) is 5.63 Å². The van der Waals surface area contributed by atoms with E-state index in [9.17, 15) is 4.79 Å². The summed E-state index contributed by atoms with van der Waals surface area (Å²) in [5, 5.41) is 1.59. The van der Waals surface area contributed by atoms with E-state index >= 15 is 0 Å². The third-order valence-corrected chi connectivity index (χ3v) is 4.83. The Hall–Kier alpha value is -2.66. The molecule has 0 radical (unpaired) electrons. The van der Waals surface area contributed by atoms with Gasteiger partial charge in [-0.2, -0.15) is 0 Å². The number of hydrogen-bond donors (Lipinski definition) is 0. The van der Waals surface area contributed by atoms with Crippen LogP contribution in [0.15, 0.2) is 57.7 Å². The number of aromatic nitrogens is 1. The lowest BCUT2D eigenvalue weighted by molar-refractivity contribution is 0.563. The number of fused-ring (bicyclic) bond motifs is 2. The van der Waals surface area contributed by atoms with Gasteiger partial charge >= 0.3 is 5.63 Å². The maximum Gasteiger partial charge on any atom is 0.346 e. The van der Waals surface area contributed by atoms with Crippen molar-refractivity contribution in [3.63, 3.8) is 0 Å². The predicted molar refractivity (Wildman–Crippen MR) is 95.4 cm³/mol. The number of nitrogens with zero attached hydrogens (tertiary/aromatic N) is 2. The second kappa shape index (κ2) is 5.21. The van der Waals surface area contributed by atoms with Gasteiger partial charge in [0.25, 0.3) is 0 Å².